The van der Waals surface area contributed by atoms with Gasteiger partial charge in [0.1, 0.15) is 47.8 Å². The molecule has 7 amide bonds. The van der Waals surface area contributed by atoms with E-state index in [0.29, 0.717) is 12.2 Å². The number of carbonyl (C=O) groups is 7. The van der Waals surface area contributed by atoms with Crippen LogP contribution in [0.4, 0.5) is 0 Å². The number of carbonyl (C=O) groups excluding carboxylic acids is 7. The Labute approximate surface area is 477 Å². The van der Waals surface area contributed by atoms with Gasteiger partial charge in [0.25, 0.3) is 5.91 Å². The van der Waals surface area contributed by atoms with Gasteiger partial charge in [-0.2, -0.15) is 0 Å². The van der Waals surface area contributed by atoms with E-state index in [-0.39, 0.29) is 82.3 Å². The summed E-state index contributed by atoms with van der Waals surface area (Å²) in [5.41, 5.74) is 10.5. The van der Waals surface area contributed by atoms with Gasteiger partial charge in [0.2, 0.25) is 35.4 Å². The number of phenolic OH excluding ortho intramolecular Hbond substituents is 1. The van der Waals surface area contributed by atoms with Crippen LogP contribution in [0.5, 0.6) is 11.5 Å². The number of aryl methyl sites for hydroxylation is 1. The molecule has 0 spiro atoms. The van der Waals surface area contributed by atoms with Crippen molar-refractivity contribution in [2.45, 2.75) is 145 Å². The number of amides is 7. The van der Waals surface area contributed by atoms with Gasteiger partial charge < -0.3 is 72.4 Å². The second-order valence-corrected chi connectivity index (χ2v) is 21.4. The van der Waals surface area contributed by atoms with Crippen molar-refractivity contribution < 1.29 is 63.8 Å². The highest BCUT2D eigenvalue weighted by molar-refractivity contribution is 6.00. The van der Waals surface area contributed by atoms with Crippen LogP contribution in [0.3, 0.4) is 0 Å². The molecular formula is C61H78N8O13. The number of ether oxygens (including phenoxy) is 1. The molecule has 3 aliphatic rings. The molecule has 82 heavy (non-hydrogen) atoms. The molecule has 7 rings (SSSR count). The number of hydrogen-bond donors (Lipinski definition) is 11. The number of rotatable bonds is 17. The first-order chi connectivity index (χ1) is 39.5. The number of aliphatic hydroxyl groups is 4. The van der Waals surface area contributed by atoms with E-state index in [0.717, 1.165) is 57.1 Å². The summed E-state index contributed by atoms with van der Waals surface area (Å²) in [6, 6.07) is 19.5. The lowest BCUT2D eigenvalue weighted by Crippen LogP contribution is -2.61. The first-order valence-electron chi connectivity index (χ1n) is 28.3. The van der Waals surface area contributed by atoms with Crippen LogP contribution < -0.4 is 37.1 Å². The number of unbranched alkanes of at least 4 members (excludes halogenated alkanes) is 2. The van der Waals surface area contributed by atoms with E-state index in [9.17, 15) is 59.1 Å². The number of nitrogens with one attached hydrogen (secondary N) is 5. The number of phenols is 1. The maximum atomic E-state index is 14.5. The van der Waals surface area contributed by atoms with Gasteiger partial charge in [0, 0.05) is 31.5 Å². The van der Waals surface area contributed by atoms with Gasteiger partial charge in [-0.3, -0.25) is 33.6 Å². The molecule has 0 unspecified atom stereocenters. The molecule has 0 aliphatic carbocycles. The van der Waals surface area contributed by atoms with Crippen LogP contribution in [0.25, 0.3) is 22.3 Å². The molecule has 3 heterocycles. The molecule has 2 fully saturated rings. The van der Waals surface area contributed by atoms with Gasteiger partial charge in [-0.1, -0.05) is 92.6 Å². The molecule has 12 N–H and O–H groups in total. The molecule has 3 aliphatic heterocycles. The Hall–Kier alpha value is -7.69. The lowest BCUT2D eigenvalue weighted by Gasteiger charge is -2.32. The van der Waals surface area contributed by atoms with Gasteiger partial charge in [-0.15, -0.1) is 0 Å². The number of nitrogens with two attached hydrogens (primary N) is 1. The van der Waals surface area contributed by atoms with E-state index in [1.54, 1.807) is 42.5 Å². The Balaban J connectivity index is 1.14. The molecule has 0 saturated carbocycles. The molecule has 4 aromatic carbocycles. The van der Waals surface area contributed by atoms with E-state index in [2.05, 4.69) is 33.5 Å². The fourth-order valence-electron chi connectivity index (χ4n) is 10.4. The molecule has 0 bridgehead atoms. The lowest BCUT2D eigenvalue weighted by atomic mass is 9.99. The normalized spacial score (nSPS) is 25.0. The maximum Gasteiger partial charge on any atom is 0.251 e. The van der Waals surface area contributed by atoms with Crippen molar-refractivity contribution in [3.05, 3.63) is 120 Å². The van der Waals surface area contributed by atoms with Crippen molar-refractivity contribution in [3.8, 4) is 33.8 Å². The van der Waals surface area contributed by atoms with Gasteiger partial charge in [-0.25, -0.2) is 0 Å². The van der Waals surface area contributed by atoms with Crippen LogP contribution in [0.15, 0.2) is 109 Å². The summed E-state index contributed by atoms with van der Waals surface area (Å²) >= 11 is 0. The number of fused-ring (bicyclic) bond motifs is 2. The van der Waals surface area contributed by atoms with Crippen LogP contribution in [0.1, 0.15) is 94.0 Å². The number of nitrogens with zero attached hydrogens (tertiary/aromatic N) is 2. The number of hydrogen-bond acceptors (Lipinski definition) is 14. The second-order valence-electron chi connectivity index (χ2n) is 21.4. The summed E-state index contributed by atoms with van der Waals surface area (Å²) in [7, 11) is 0. The molecule has 21 heteroatoms. The fraction of sp³-hybridized carbons (Fsp3) is 0.459. The second kappa shape index (κ2) is 29.9. The average Bonchev–Trinajstić information content (AvgIpc) is 4.11. The third-order valence-electron chi connectivity index (χ3n) is 15.1. The highest BCUT2D eigenvalue weighted by Gasteiger charge is 2.45. The molecule has 2 saturated heterocycles. The van der Waals surface area contributed by atoms with Crippen molar-refractivity contribution in [3.63, 3.8) is 0 Å². The zero-order chi connectivity index (χ0) is 58.9. The zero-order valence-corrected chi connectivity index (χ0v) is 46.5. The lowest BCUT2D eigenvalue weighted by molar-refractivity contribution is -0.145. The summed E-state index contributed by atoms with van der Waals surface area (Å²) in [6.07, 6.45) is 2.20. The number of benzene rings is 4. The molecule has 0 radical (unpaired) electrons. The molecule has 0 aromatic heterocycles. The molecule has 440 valence electrons. The average molecular weight is 1130 g/mol. The zero-order valence-electron chi connectivity index (χ0n) is 46.5. The van der Waals surface area contributed by atoms with Crippen LogP contribution in [0.2, 0.25) is 0 Å². The fourth-order valence-corrected chi connectivity index (χ4v) is 10.4. The Morgan fingerprint density at radius 2 is 1.22 bits per heavy atom. The van der Waals surface area contributed by atoms with E-state index in [1.165, 1.54) is 25.1 Å². The van der Waals surface area contributed by atoms with E-state index in [4.69, 9.17) is 10.5 Å². The minimum Gasteiger partial charge on any atom is -0.508 e. The molecule has 10 atom stereocenters. The highest BCUT2D eigenvalue weighted by atomic mass is 16.5. The predicted molar refractivity (Wildman–Crippen MR) is 305 cm³/mol. The topological polar surface area (TPSA) is 323 Å². The van der Waals surface area contributed by atoms with Gasteiger partial charge >= 0.3 is 0 Å². The molecular weight excluding hydrogens is 1050 g/mol. The van der Waals surface area contributed by atoms with Crippen molar-refractivity contribution >= 4 is 41.4 Å². The minimum atomic E-state index is -1.71. The smallest absolute Gasteiger partial charge is 0.251 e. The highest BCUT2D eigenvalue weighted by Crippen LogP contribution is 2.28. The van der Waals surface area contributed by atoms with Crippen molar-refractivity contribution in [1.29, 1.82) is 0 Å². The maximum absolute atomic E-state index is 14.5. The third-order valence-corrected chi connectivity index (χ3v) is 15.1. The summed E-state index contributed by atoms with van der Waals surface area (Å²) in [5.74, 6) is -4.74. The number of aliphatic hydroxyl groups excluding tert-OH is 4. The monoisotopic (exact) mass is 1130 g/mol. The molecule has 4 aromatic rings. The summed E-state index contributed by atoms with van der Waals surface area (Å²) in [4.78, 5) is 102. The van der Waals surface area contributed by atoms with Crippen LogP contribution in [0, 0.1) is 0 Å². The van der Waals surface area contributed by atoms with E-state index < -0.39 is 109 Å². The standard InChI is InChI=1S/C61H78N8O13/c1-3-4-7-31-82-48-27-23-42(24-28-48)40-17-15-39(16-18-40)41-19-21-43(22-20-41)55(75)64-49-10-6-5-9-44(36-70)63-58(78)52-32-46(73)34-68(52)60(80)51(11-8-30-62)66-56(76)50(29-14-38-12-25-45(72)26-13-38)65-59(79)53-33-47(74)35-69(53)61(81)54(37(2)71)67-57(49)77/h5-6,12-13,15-28,37,44,46-47,49-54,70-74H,3-4,7-11,14,29-36,62H2,1-2H3,(H,63,78)(H,64,75)(H,65,79)(H,66,76)(H,67,77)/b6-5-/t37-,44+,46-,47-,49+,50+,51+,52+,53+,54+/m1/s1. The van der Waals surface area contributed by atoms with Crippen LogP contribution in [-0.4, -0.2) is 170 Å². The van der Waals surface area contributed by atoms with E-state index >= 15 is 0 Å². The third kappa shape index (κ3) is 16.7. The minimum absolute atomic E-state index is 0.00135. The quantitative estimate of drug-likeness (QED) is 0.0535. The Morgan fingerprint density at radius 1 is 0.671 bits per heavy atom. The van der Waals surface area contributed by atoms with Gasteiger partial charge in [0.05, 0.1) is 37.6 Å². The van der Waals surface area contributed by atoms with Crippen molar-refractivity contribution in [2.24, 2.45) is 5.73 Å². The summed E-state index contributed by atoms with van der Waals surface area (Å²) in [5, 5.41) is 66.7. The van der Waals surface area contributed by atoms with E-state index in [1.807, 2.05) is 48.5 Å². The predicted octanol–water partition coefficient (Wildman–Crippen LogP) is 2.35. The summed E-state index contributed by atoms with van der Waals surface area (Å²) < 4.78 is 5.86. The van der Waals surface area contributed by atoms with Crippen LogP contribution >= 0.6 is 0 Å². The van der Waals surface area contributed by atoms with Crippen LogP contribution in [-0.2, 0) is 35.2 Å². The largest absolute Gasteiger partial charge is 0.508 e. The summed E-state index contributed by atoms with van der Waals surface area (Å²) in [6.45, 7) is 3.01. The Kier molecular flexibility index (Phi) is 22.5. The Bertz CT molecular complexity index is 2830. The SMILES string of the molecule is CCCCCOc1ccc(-c2ccc(-c3ccc(C(=O)N[C@H]4C/C=C\C[C@@H](CO)NC(=O)[C@@H]5C[C@@H](O)CN5C(=O)[C@H](CCCN)NC(=O)[C@H](CCc5ccc(O)cc5)NC(=O)[C@@H]5C[C@@H](O)CN5C(=O)[C@H]([C@@H](C)O)NC4=O)cc3)cc2)cc1. The molecule has 21 nitrogen and oxygen atoms in total. The van der Waals surface area contributed by atoms with Gasteiger partial charge in [0.15, 0.2) is 0 Å². The first kappa shape index (κ1) is 61.9. The van der Waals surface area contributed by atoms with Crippen molar-refractivity contribution in [2.75, 3.05) is 32.8 Å². The van der Waals surface area contributed by atoms with Gasteiger partial charge in [-0.05, 0) is 123 Å². The number of aromatic hydroxyl groups is 1. The van der Waals surface area contributed by atoms with Crippen molar-refractivity contribution in [1.82, 2.24) is 36.4 Å². The Morgan fingerprint density at radius 3 is 1.79 bits per heavy atom. The first-order valence-corrected chi connectivity index (χ1v) is 28.3.